The maximum atomic E-state index is 11.4. The van der Waals surface area contributed by atoms with E-state index in [1.807, 2.05) is 0 Å². The molecule has 4 aromatic rings. The second-order valence-electron chi connectivity index (χ2n) is 6.67. The van der Waals surface area contributed by atoms with Crippen LogP contribution in [0.1, 0.15) is 0 Å². The van der Waals surface area contributed by atoms with Gasteiger partial charge >= 0.3 is 0 Å². The summed E-state index contributed by atoms with van der Waals surface area (Å²) in [6.07, 6.45) is 0. The number of benzene rings is 3. The van der Waals surface area contributed by atoms with Gasteiger partial charge in [0.05, 0.1) is 54.6 Å². The quantitative estimate of drug-likeness (QED) is 0.164. The molecule has 32 heavy (non-hydrogen) atoms. The van der Waals surface area contributed by atoms with Crippen LogP contribution >= 0.6 is 0 Å². The van der Waals surface area contributed by atoms with Crippen LogP contribution in [0.5, 0.6) is 0 Å². The largest absolute Gasteiger partial charge is 0.352 e. The van der Waals surface area contributed by atoms with Crippen LogP contribution in [-0.2, 0) is 20.2 Å². The van der Waals surface area contributed by atoms with Crippen LogP contribution < -0.4 is 10.6 Å². The van der Waals surface area contributed by atoms with Crippen LogP contribution in [-0.4, -0.2) is 95.0 Å². The maximum Gasteiger partial charge on any atom is 0.294 e. The van der Waals surface area contributed by atoms with Gasteiger partial charge in [-0.2, -0.15) is 16.8 Å². The number of nitrogens with zero attached hydrogens (tertiary/aromatic N) is 2. The summed E-state index contributed by atoms with van der Waals surface area (Å²) in [5.74, 6) is 0. The minimum atomic E-state index is -4.36. The van der Waals surface area contributed by atoms with Crippen molar-refractivity contribution >= 4 is 124 Å². The molecule has 154 valence electrons. The standard InChI is InChI=1S/C18H12N4O6S2.2Na/c23-29(24,25)9-1-3-11-13(5-9)21-17-8-16-18(7-15(17)19-11)22-14-6-10(30(26,27)28)2-4-12(14)20-16;;/h1-8,19,21H,(H,23,24,25)(H,26,27,28);;. The molecular formula is C18H12N4Na2O6S2. The molecule has 0 atom stereocenters. The molecule has 5 rings (SSSR count). The summed E-state index contributed by atoms with van der Waals surface area (Å²) in [6.45, 7) is 0. The average molecular weight is 490 g/mol. The molecule has 0 saturated heterocycles. The van der Waals surface area contributed by atoms with Crippen molar-refractivity contribution < 1.29 is 25.9 Å². The van der Waals surface area contributed by atoms with Crippen molar-refractivity contribution in [2.24, 2.45) is 0 Å². The van der Waals surface area contributed by atoms with Gasteiger partial charge < -0.3 is 10.6 Å². The van der Waals surface area contributed by atoms with Crippen molar-refractivity contribution in [3.05, 3.63) is 48.5 Å². The first kappa shape index (κ1) is 25.3. The normalized spacial score (nSPS) is 12.6. The van der Waals surface area contributed by atoms with E-state index in [0.717, 1.165) is 0 Å². The smallest absolute Gasteiger partial charge is 0.294 e. The Bertz CT molecular complexity index is 1610. The SMILES string of the molecule is O=S(=O)(O)c1ccc2c(c1)Nc1cc3nc4ccc(S(=O)(=O)O)cc4nc3cc1N2.[Na].[Na]. The molecule has 0 amide bonds. The van der Waals surface area contributed by atoms with Gasteiger partial charge in [0.15, 0.2) is 0 Å². The molecule has 0 bridgehead atoms. The van der Waals surface area contributed by atoms with E-state index in [2.05, 4.69) is 20.6 Å². The van der Waals surface area contributed by atoms with Gasteiger partial charge in [-0.25, -0.2) is 9.97 Å². The summed E-state index contributed by atoms with van der Waals surface area (Å²) in [6, 6.07) is 11.5. The number of hydrogen-bond donors (Lipinski definition) is 4. The summed E-state index contributed by atoms with van der Waals surface area (Å²) in [5, 5.41) is 6.26. The molecule has 2 radical (unpaired) electrons. The van der Waals surface area contributed by atoms with Crippen molar-refractivity contribution in [2.75, 3.05) is 10.6 Å². The van der Waals surface area contributed by atoms with Crippen molar-refractivity contribution in [1.82, 2.24) is 9.97 Å². The van der Waals surface area contributed by atoms with E-state index in [1.165, 1.54) is 36.4 Å². The van der Waals surface area contributed by atoms with E-state index in [-0.39, 0.29) is 68.9 Å². The Morgan fingerprint density at radius 1 is 0.562 bits per heavy atom. The molecule has 14 heteroatoms. The second-order valence-corrected chi connectivity index (χ2v) is 9.51. The molecule has 10 nitrogen and oxygen atoms in total. The Labute approximate surface area is 226 Å². The predicted octanol–water partition coefficient (Wildman–Crippen LogP) is 2.32. The topological polar surface area (TPSA) is 159 Å². The zero-order valence-electron chi connectivity index (χ0n) is 16.9. The minimum absolute atomic E-state index is 0. The number of rotatable bonds is 2. The third-order valence-electron chi connectivity index (χ3n) is 4.67. The number of anilines is 4. The van der Waals surface area contributed by atoms with Gasteiger partial charge in [-0.3, -0.25) is 9.11 Å². The zero-order chi connectivity index (χ0) is 21.3. The fraction of sp³-hybridized carbons (Fsp3) is 0. The van der Waals surface area contributed by atoms with E-state index in [1.54, 1.807) is 12.1 Å². The van der Waals surface area contributed by atoms with Gasteiger partial charge in [-0.1, -0.05) is 0 Å². The molecule has 0 fully saturated rings. The first-order valence-corrected chi connectivity index (χ1v) is 11.3. The monoisotopic (exact) mass is 490 g/mol. The number of aromatic nitrogens is 2. The van der Waals surface area contributed by atoms with Gasteiger partial charge in [0, 0.05) is 59.1 Å². The van der Waals surface area contributed by atoms with Crippen LogP contribution in [0.4, 0.5) is 22.7 Å². The van der Waals surface area contributed by atoms with Crippen LogP contribution in [0.3, 0.4) is 0 Å². The first-order valence-electron chi connectivity index (χ1n) is 8.47. The Hall–Kier alpha value is -1.32. The predicted molar refractivity (Wildman–Crippen MR) is 121 cm³/mol. The fourth-order valence-corrected chi connectivity index (χ4v) is 4.26. The minimum Gasteiger partial charge on any atom is -0.352 e. The van der Waals surface area contributed by atoms with Gasteiger partial charge in [0.1, 0.15) is 0 Å². The Balaban J connectivity index is 0.00000144. The van der Waals surface area contributed by atoms with Crippen molar-refractivity contribution in [2.45, 2.75) is 9.79 Å². The van der Waals surface area contributed by atoms with Crippen molar-refractivity contribution in [1.29, 1.82) is 0 Å². The number of fused-ring (bicyclic) bond motifs is 4. The third kappa shape index (κ3) is 4.66. The molecule has 3 aromatic carbocycles. The number of hydrogen-bond acceptors (Lipinski definition) is 8. The summed E-state index contributed by atoms with van der Waals surface area (Å²) >= 11 is 0. The summed E-state index contributed by atoms with van der Waals surface area (Å²) in [5.41, 5.74) is 4.07. The molecule has 4 N–H and O–H groups in total. The van der Waals surface area contributed by atoms with Gasteiger partial charge in [-0.15, -0.1) is 0 Å². The van der Waals surface area contributed by atoms with Crippen molar-refractivity contribution in [3.63, 3.8) is 0 Å². The molecule has 1 aromatic heterocycles. The van der Waals surface area contributed by atoms with Crippen LogP contribution in [0.15, 0.2) is 58.3 Å². The fourth-order valence-electron chi connectivity index (χ4n) is 3.26. The number of nitrogens with one attached hydrogen (secondary N) is 2. The van der Waals surface area contributed by atoms with E-state index in [4.69, 9.17) is 0 Å². The van der Waals surface area contributed by atoms with Crippen LogP contribution in [0.25, 0.3) is 22.1 Å². The maximum absolute atomic E-state index is 11.4. The van der Waals surface area contributed by atoms with E-state index in [0.29, 0.717) is 44.8 Å². The molecular weight excluding hydrogens is 478 g/mol. The van der Waals surface area contributed by atoms with Crippen LogP contribution in [0, 0.1) is 0 Å². The average Bonchev–Trinajstić information content (AvgIpc) is 2.66. The molecule has 1 aliphatic rings. The summed E-state index contributed by atoms with van der Waals surface area (Å²) in [4.78, 5) is 8.41. The molecule has 0 saturated carbocycles. The summed E-state index contributed by atoms with van der Waals surface area (Å²) < 4.78 is 64.0. The molecule has 0 spiro atoms. The van der Waals surface area contributed by atoms with E-state index >= 15 is 0 Å². The van der Waals surface area contributed by atoms with Gasteiger partial charge in [0.2, 0.25) is 0 Å². The van der Waals surface area contributed by atoms with Gasteiger partial charge in [0.25, 0.3) is 20.2 Å². The van der Waals surface area contributed by atoms with E-state index < -0.39 is 20.2 Å². The Morgan fingerprint density at radius 3 is 1.59 bits per heavy atom. The molecule has 0 aliphatic carbocycles. The second kappa shape index (κ2) is 8.80. The van der Waals surface area contributed by atoms with Gasteiger partial charge in [-0.05, 0) is 48.5 Å². The summed E-state index contributed by atoms with van der Waals surface area (Å²) in [7, 11) is -8.70. The third-order valence-corrected chi connectivity index (χ3v) is 6.37. The zero-order valence-corrected chi connectivity index (χ0v) is 22.5. The molecule has 0 unspecified atom stereocenters. The molecule has 1 aliphatic heterocycles. The van der Waals surface area contributed by atoms with E-state index in [9.17, 15) is 25.9 Å². The molecule has 2 heterocycles. The van der Waals surface area contributed by atoms with Crippen LogP contribution in [0.2, 0.25) is 0 Å². The van der Waals surface area contributed by atoms with Crippen molar-refractivity contribution in [3.8, 4) is 0 Å². The Kier molecular flexibility index (Phi) is 6.96. The first-order chi connectivity index (χ1) is 14.1. The Morgan fingerprint density at radius 2 is 1.00 bits per heavy atom.